The third-order valence-electron chi connectivity index (χ3n) is 8.17. The highest BCUT2D eigenvalue weighted by molar-refractivity contribution is 5.86. The van der Waals surface area contributed by atoms with Crippen LogP contribution in [0, 0.1) is 0 Å². The van der Waals surface area contributed by atoms with Crippen LogP contribution in [-0.2, 0) is 19.6 Å². The summed E-state index contributed by atoms with van der Waals surface area (Å²) in [6.07, 6.45) is -0.643. The van der Waals surface area contributed by atoms with Gasteiger partial charge < -0.3 is 39.0 Å². The van der Waals surface area contributed by atoms with Gasteiger partial charge in [0.25, 0.3) is 0 Å². The van der Waals surface area contributed by atoms with Gasteiger partial charge in [-0.05, 0) is 64.1 Å². The normalized spacial score (nSPS) is 14.3. The lowest BCUT2D eigenvalue weighted by Gasteiger charge is -2.34. The Morgan fingerprint density at radius 3 is 1.50 bits per heavy atom. The molecule has 0 amide bonds. The molecule has 0 saturated heterocycles. The van der Waals surface area contributed by atoms with Crippen LogP contribution in [-0.4, -0.2) is 87.0 Å². The summed E-state index contributed by atoms with van der Waals surface area (Å²) in [5, 5.41) is 29.1. The maximum Gasteiger partial charge on any atom is 0.119 e. The van der Waals surface area contributed by atoms with Crippen molar-refractivity contribution in [1.82, 2.24) is 0 Å². The number of fused-ring (bicyclic) bond motifs is 3. The van der Waals surface area contributed by atoms with Gasteiger partial charge in [-0.25, -0.2) is 0 Å². The molecule has 244 valence electrons. The Kier molecular flexibility index (Phi) is 12.2. The van der Waals surface area contributed by atoms with E-state index in [0.29, 0.717) is 51.0 Å². The summed E-state index contributed by atoms with van der Waals surface area (Å²) in [5.41, 5.74) is 6.45. The fraction of sp³-hybridized carbons (Fsp3) is 0.368. The van der Waals surface area contributed by atoms with Crippen molar-refractivity contribution in [2.45, 2.75) is 31.0 Å². The summed E-state index contributed by atoms with van der Waals surface area (Å²) in [5.74, 6) is 1.37. The highest BCUT2D eigenvalue weighted by Gasteiger charge is 2.45. The largest absolute Gasteiger partial charge is 0.491 e. The fourth-order valence-corrected chi connectivity index (χ4v) is 5.90. The zero-order valence-electron chi connectivity index (χ0n) is 26.3. The summed E-state index contributed by atoms with van der Waals surface area (Å²) in [4.78, 5) is 0. The summed E-state index contributed by atoms with van der Waals surface area (Å²) in [7, 11) is 0. The lowest BCUT2D eigenvalue weighted by Crippen LogP contribution is -2.28. The van der Waals surface area contributed by atoms with E-state index in [0.717, 1.165) is 11.1 Å². The van der Waals surface area contributed by atoms with Crippen molar-refractivity contribution in [3.63, 3.8) is 0 Å². The lowest BCUT2D eigenvalue weighted by molar-refractivity contribution is -0.0217. The predicted octanol–water partition coefficient (Wildman–Crippen LogP) is 4.98. The van der Waals surface area contributed by atoms with Crippen molar-refractivity contribution in [1.29, 1.82) is 0 Å². The molecule has 0 fully saturated rings. The number of rotatable bonds is 19. The van der Waals surface area contributed by atoms with Gasteiger partial charge in [0.15, 0.2) is 0 Å². The van der Waals surface area contributed by atoms with Crippen LogP contribution < -0.4 is 9.47 Å². The van der Waals surface area contributed by atoms with E-state index in [2.05, 4.69) is 72.8 Å². The highest BCUT2D eigenvalue weighted by atomic mass is 16.6. The summed E-state index contributed by atoms with van der Waals surface area (Å²) >= 11 is 0. The second-order valence-electron chi connectivity index (χ2n) is 11.3. The average molecular weight is 629 g/mol. The van der Waals surface area contributed by atoms with Crippen LogP contribution in [0.1, 0.15) is 35.6 Å². The molecular weight excluding hydrogens is 584 g/mol. The molecule has 1 aliphatic carbocycles. The van der Waals surface area contributed by atoms with Crippen molar-refractivity contribution >= 4 is 0 Å². The van der Waals surface area contributed by atoms with Crippen LogP contribution in [0.2, 0.25) is 0 Å². The maximum absolute atomic E-state index is 10.4. The number of hydrogen-bond donors (Lipinski definition) is 3. The molecule has 0 bridgehead atoms. The number of aliphatic hydroxyl groups is 3. The van der Waals surface area contributed by atoms with E-state index >= 15 is 0 Å². The first-order valence-electron chi connectivity index (χ1n) is 15.9. The van der Waals surface area contributed by atoms with Gasteiger partial charge in [-0.3, -0.25) is 0 Å². The third-order valence-corrected chi connectivity index (χ3v) is 8.17. The van der Waals surface area contributed by atoms with E-state index in [1.165, 1.54) is 22.3 Å². The molecule has 2 atom stereocenters. The SMILES string of the molecule is CCC(O)COc1ccc(C2(c3ccc(OCC(O)COCCOCCOCCO)cc3)c3ccccc3-c3ccccc32)cc1. The van der Waals surface area contributed by atoms with Crippen LogP contribution in [0.4, 0.5) is 0 Å². The Morgan fingerprint density at radius 1 is 0.543 bits per heavy atom. The smallest absolute Gasteiger partial charge is 0.119 e. The van der Waals surface area contributed by atoms with E-state index < -0.39 is 17.6 Å². The molecule has 0 radical (unpaired) electrons. The standard InChI is InChI=1S/C38H44O8/c1-2-30(40)26-45-32-15-11-28(12-16-32)38(36-9-5-3-7-34(36)35-8-4-6-10-37(35)38)29-13-17-33(18-14-29)46-27-31(41)25-44-24-23-43-22-21-42-20-19-39/h3-18,30-31,39-41H,2,19-27H2,1H3. The number of benzene rings is 4. The van der Waals surface area contributed by atoms with Crippen LogP contribution in [0.5, 0.6) is 11.5 Å². The minimum atomic E-state index is -0.785. The van der Waals surface area contributed by atoms with Crippen molar-refractivity contribution in [3.8, 4) is 22.6 Å². The van der Waals surface area contributed by atoms with E-state index in [9.17, 15) is 10.2 Å². The predicted molar refractivity (Wildman–Crippen MR) is 177 cm³/mol. The average Bonchev–Trinajstić information content (AvgIpc) is 3.40. The summed E-state index contributed by atoms with van der Waals surface area (Å²) in [6, 6.07) is 33.4. The summed E-state index contributed by atoms with van der Waals surface area (Å²) < 4.78 is 27.8. The summed E-state index contributed by atoms with van der Waals surface area (Å²) in [6.45, 7) is 4.30. The number of hydrogen-bond acceptors (Lipinski definition) is 8. The lowest BCUT2D eigenvalue weighted by atomic mass is 9.68. The van der Waals surface area contributed by atoms with E-state index in [-0.39, 0.29) is 26.4 Å². The molecule has 8 nitrogen and oxygen atoms in total. The van der Waals surface area contributed by atoms with Gasteiger partial charge in [-0.2, -0.15) is 0 Å². The molecule has 8 heteroatoms. The first-order chi connectivity index (χ1) is 22.6. The molecule has 0 heterocycles. The Morgan fingerprint density at radius 2 is 1.00 bits per heavy atom. The van der Waals surface area contributed by atoms with Crippen molar-refractivity contribution in [3.05, 3.63) is 119 Å². The Bertz CT molecular complexity index is 1440. The fourth-order valence-electron chi connectivity index (χ4n) is 5.90. The second kappa shape index (κ2) is 16.7. The third kappa shape index (κ3) is 7.78. The number of aliphatic hydroxyl groups excluding tert-OH is 3. The van der Waals surface area contributed by atoms with Gasteiger partial charge in [0.2, 0.25) is 0 Å². The molecule has 4 aromatic rings. The van der Waals surface area contributed by atoms with Crippen LogP contribution in [0.25, 0.3) is 11.1 Å². The van der Waals surface area contributed by atoms with Gasteiger partial charge in [-0.15, -0.1) is 0 Å². The molecule has 46 heavy (non-hydrogen) atoms. The molecule has 3 N–H and O–H groups in total. The Labute approximate surface area is 271 Å². The Hall–Kier alpha value is -3.76. The van der Waals surface area contributed by atoms with Gasteiger partial charge in [0.1, 0.15) is 30.8 Å². The van der Waals surface area contributed by atoms with Crippen molar-refractivity contribution in [2.75, 3.05) is 59.5 Å². The minimum Gasteiger partial charge on any atom is -0.491 e. The Balaban J connectivity index is 1.30. The van der Waals surface area contributed by atoms with Crippen LogP contribution in [0.3, 0.4) is 0 Å². The highest BCUT2D eigenvalue weighted by Crippen LogP contribution is 2.56. The molecular formula is C38H44O8. The molecule has 4 aromatic carbocycles. The zero-order chi connectivity index (χ0) is 32.2. The monoisotopic (exact) mass is 628 g/mol. The van der Waals surface area contributed by atoms with Gasteiger partial charge >= 0.3 is 0 Å². The quantitative estimate of drug-likeness (QED) is 0.110. The first kappa shape index (κ1) is 33.6. The van der Waals surface area contributed by atoms with Crippen LogP contribution >= 0.6 is 0 Å². The minimum absolute atomic E-state index is 0.00547. The topological polar surface area (TPSA) is 107 Å². The number of ether oxygens (including phenoxy) is 5. The van der Waals surface area contributed by atoms with E-state index in [1.807, 2.05) is 31.2 Å². The van der Waals surface area contributed by atoms with E-state index in [4.69, 9.17) is 28.8 Å². The molecule has 0 saturated carbocycles. The second-order valence-corrected chi connectivity index (χ2v) is 11.3. The maximum atomic E-state index is 10.4. The van der Waals surface area contributed by atoms with Gasteiger partial charge in [0.05, 0.1) is 57.8 Å². The molecule has 2 unspecified atom stereocenters. The van der Waals surface area contributed by atoms with Gasteiger partial charge in [-0.1, -0.05) is 79.7 Å². The molecule has 1 aliphatic rings. The molecule has 0 aliphatic heterocycles. The van der Waals surface area contributed by atoms with E-state index in [1.54, 1.807) is 0 Å². The molecule has 0 aromatic heterocycles. The molecule has 5 rings (SSSR count). The first-order valence-corrected chi connectivity index (χ1v) is 15.9. The zero-order valence-corrected chi connectivity index (χ0v) is 26.3. The van der Waals surface area contributed by atoms with Crippen molar-refractivity contribution in [2.24, 2.45) is 0 Å². The molecule has 0 spiro atoms. The van der Waals surface area contributed by atoms with Crippen LogP contribution in [0.15, 0.2) is 97.1 Å². The van der Waals surface area contributed by atoms with Crippen molar-refractivity contribution < 1.29 is 39.0 Å². The van der Waals surface area contributed by atoms with Gasteiger partial charge in [0, 0.05) is 0 Å².